The van der Waals surface area contributed by atoms with E-state index in [1.807, 2.05) is 47.4 Å². The normalized spacial score (nSPS) is 22.8. The third-order valence-electron chi connectivity index (χ3n) is 5.52. The maximum absolute atomic E-state index is 12.8. The van der Waals surface area contributed by atoms with E-state index in [-0.39, 0.29) is 24.1 Å². The molecule has 2 aliphatic heterocycles. The topological polar surface area (TPSA) is 89.6 Å². The first kappa shape index (κ1) is 19.2. The SMILES string of the molecule is O=C(NCc1cccnc1)NCC1CN(C(=O)Nc2ccccc2)C2CCN1C2. The number of rotatable bonds is 5. The van der Waals surface area contributed by atoms with E-state index in [2.05, 4.69) is 25.8 Å². The summed E-state index contributed by atoms with van der Waals surface area (Å²) in [6, 6.07) is 13.3. The van der Waals surface area contributed by atoms with E-state index in [9.17, 15) is 9.59 Å². The first-order valence-corrected chi connectivity index (χ1v) is 9.96. The van der Waals surface area contributed by atoms with Gasteiger partial charge in [0.05, 0.1) is 0 Å². The number of benzene rings is 1. The summed E-state index contributed by atoms with van der Waals surface area (Å²) < 4.78 is 0. The van der Waals surface area contributed by atoms with E-state index in [1.165, 1.54) is 0 Å². The second-order valence-electron chi connectivity index (χ2n) is 7.46. The van der Waals surface area contributed by atoms with Crippen LogP contribution < -0.4 is 16.0 Å². The Morgan fingerprint density at radius 2 is 1.93 bits per heavy atom. The summed E-state index contributed by atoms with van der Waals surface area (Å²) in [5.74, 6) is 0. The van der Waals surface area contributed by atoms with Gasteiger partial charge < -0.3 is 20.9 Å². The molecule has 1 aromatic carbocycles. The largest absolute Gasteiger partial charge is 0.337 e. The van der Waals surface area contributed by atoms with E-state index >= 15 is 0 Å². The van der Waals surface area contributed by atoms with Gasteiger partial charge in [-0.1, -0.05) is 24.3 Å². The summed E-state index contributed by atoms with van der Waals surface area (Å²) in [6.07, 6.45) is 4.40. The predicted octanol–water partition coefficient (Wildman–Crippen LogP) is 1.87. The summed E-state index contributed by atoms with van der Waals surface area (Å²) in [5, 5.41) is 8.77. The number of carbonyl (C=O) groups is 2. The van der Waals surface area contributed by atoms with Gasteiger partial charge in [-0.15, -0.1) is 0 Å². The lowest BCUT2D eigenvalue weighted by Gasteiger charge is -2.40. The molecule has 1 aromatic heterocycles. The van der Waals surface area contributed by atoms with E-state index < -0.39 is 0 Å². The molecule has 2 fully saturated rings. The predicted molar refractivity (Wildman–Crippen MR) is 110 cm³/mol. The molecule has 3 unspecified atom stereocenters. The number of para-hydroxylation sites is 1. The van der Waals surface area contributed by atoms with Crippen LogP contribution in [0.2, 0.25) is 0 Å². The lowest BCUT2D eigenvalue weighted by Crippen LogP contribution is -2.58. The molecule has 0 spiro atoms. The number of hydrogen-bond donors (Lipinski definition) is 3. The fraction of sp³-hybridized carbons (Fsp3) is 0.381. The van der Waals surface area contributed by atoms with Crippen molar-refractivity contribution in [2.45, 2.75) is 25.0 Å². The number of hydrogen-bond acceptors (Lipinski definition) is 4. The van der Waals surface area contributed by atoms with Crippen LogP contribution in [0.1, 0.15) is 12.0 Å². The molecule has 4 rings (SSSR count). The minimum Gasteiger partial charge on any atom is -0.337 e. The molecule has 29 heavy (non-hydrogen) atoms. The lowest BCUT2D eigenvalue weighted by molar-refractivity contribution is 0.109. The van der Waals surface area contributed by atoms with Crippen molar-refractivity contribution in [1.29, 1.82) is 0 Å². The third kappa shape index (κ3) is 4.83. The zero-order valence-corrected chi connectivity index (χ0v) is 16.3. The molecular formula is C21H26N6O2. The molecule has 0 aliphatic carbocycles. The van der Waals surface area contributed by atoms with Gasteiger partial charge in [0.2, 0.25) is 0 Å². The van der Waals surface area contributed by atoms with Crippen molar-refractivity contribution in [1.82, 2.24) is 25.4 Å². The van der Waals surface area contributed by atoms with Gasteiger partial charge in [0, 0.05) is 62.9 Å². The molecule has 0 radical (unpaired) electrons. The minimum atomic E-state index is -0.213. The van der Waals surface area contributed by atoms with Gasteiger partial charge in [-0.05, 0) is 30.2 Å². The van der Waals surface area contributed by atoms with Crippen LogP contribution in [-0.2, 0) is 6.54 Å². The second kappa shape index (κ2) is 8.91. The molecule has 8 nitrogen and oxygen atoms in total. The van der Waals surface area contributed by atoms with Gasteiger partial charge in [0.1, 0.15) is 0 Å². The molecule has 3 N–H and O–H groups in total. The first-order valence-electron chi connectivity index (χ1n) is 9.96. The van der Waals surface area contributed by atoms with Crippen molar-refractivity contribution < 1.29 is 9.59 Å². The molecule has 2 aliphatic rings. The molecule has 3 heterocycles. The Labute approximate surface area is 170 Å². The number of piperazine rings is 1. The van der Waals surface area contributed by atoms with E-state index in [0.717, 1.165) is 30.8 Å². The van der Waals surface area contributed by atoms with Crippen LogP contribution in [0, 0.1) is 0 Å². The number of pyridine rings is 1. The van der Waals surface area contributed by atoms with Gasteiger partial charge in [0.15, 0.2) is 0 Å². The molecule has 2 bridgehead atoms. The minimum absolute atomic E-state index is 0.0752. The van der Waals surface area contributed by atoms with Crippen molar-refractivity contribution in [2.24, 2.45) is 0 Å². The summed E-state index contributed by atoms with van der Waals surface area (Å²) in [7, 11) is 0. The first-order chi connectivity index (χ1) is 14.2. The maximum atomic E-state index is 12.8. The average Bonchev–Trinajstić information content (AvgIpc) is 3.17. The third-order valence-corrected chi connectivity index (χ3v) is 5.52. The Morgan fingerprint density at radius 3 is 2.72 bits per heavy atom. The molecule has 0 saturated carbocycles. The number of carbonyl (C=O) groups excluding carboxylic acids is 2. The zero-order chi connectivity index (χ0) is 20.1. The standard InChI is InChI=1S/C21H26N6O2/c28-20(23-12-16-5-4-9-22-11-16)24-13-19-15-27(18-8-10-26(19)14-18)21(29)25-17-6-2-1-3-7-17/h1-7,9,11,18-19H,8,10,12-15H2,(H,25,29)(H2,23,24,28). The Hall–Kier alpha value is -3.13. The Balaban J connectivity index is 1.28. The number of aromatic nitrogens is 1. The summed E-state index contributed by atoms with van der Waals surface area (Å²) in [6.45, 7) is 3.34. The molecule has 8 heteroatoms. The van der Waals surface area contributed by atoms with Gasteiger partial charge in [-0.2, -0.15) is 0 Å². The number of urea groups is 2. The van der Waals surface area contributed by atoms with Gasteiger partial charge in [0.25, 0.3) is 0 Å². The number of amides is 4. The van der Waals surface area contributed by atoms with Crippen molar-refractivity contribution in [3.05, 3.63) is 60.4 Å². The van der Waals surface area contributed by atoms with Crippen LogP contribution in [0.4, 0.5) is 15.3 Å². The van der Waals surface area contributed by atoms with Crippen molar-refractivity contribution >= 4 is 17.7 Å². The van der Waals surface area contributed by atoms with Gasteiger partial charge >= 0.3 is 12.1 Å². The van der Waals surface area contributed by atoms with Crippen LogP contribution >= 0.6 is 0 Å². The number of nitrogens with one attached hydrogen (secondary N) is 3. The second-order valence-corrected chi connectivity index (χ2v) is 7.46. The summed E-state index contributed by atoms with van der Waals surface area (Å²) >= 11 is 0. The Bertz CT molecular complexity index is 832. The van der Waals surface area contributed by atoms with Crippen LogP contribution in [0.25, 0.3) is 0 Å². The smallest absolute Gasteiger partial charge is 0.322 e. The maximum Gasteiger partial charge on any atom is 0.322 e. The van der Waals surface area contributed by atoms with E-state index in [0.29, 0.717) is 19.6 Å². The fourth-order valence-corrected chi connectivity index (χ4v) is 3.96. The van der Waals surface area contributed by atoms with Crippen LogP contribution in [0.3, 0.4) is 0 Å². The average molecular weight is 394 g/mol. The molecule has 152 valence electrons. The van der Waals surface area contributed by atoms with Gasteiger partial charge in [-0.3, -0.25) is 9.88 Å². The highest BCUT2D eigenvalue weighted by Gasteiger charge is 2.40. The number of nitrogens with zero attached hydrogens (tertiary/aromatic N) is 3. The quantitative estimate of drug-likeness (QED) is 0.722. The van der Waals surface area contributed by atoms with E-state index in [1.54, 1.807) is 12.4 Å². The highest BCUT2D eigenvalue weighted by molar-refractivity contribution is 5.89. The van der Waals surface area contributed by atoms with Crippen LogP contribution in [-0.4, -0.2) is 65.1 Å². The fourth-order valence-electron chi connectivity index (χ4n) is 3.96. The Kier molecular flexibility index (Phi) is 5.90. The number of anilines is 1. The molecular weight excluding hydrogens is 368 g/mol. The van der Waals surface area contributed by atoms with Crippen LogP contribution in [0.15, 0.2) is 54.9 Å². The monoisotopic (exact) mass is 394 g/mol. The van der Waals surface area contributed by atoms with Crippen molar-refractivity contribution in [3.8, 4) is 0 Å². The van der Waals surface area contributed by atoms with E-state index in [4.69, 9.17) is 0 Å². The molecule has 4 amide bonds. The Morgan fingerprint density at radius 1 is 1.07 bits per heavy atom. The molecule has 2 saturated heterocycles. The molecule has 2 aromatic rings. The highest BCUT2D eigenvalue weighted by atomic mass is 16.2. The number of fused-ring (bicyclic) bond motifs is 2. The molecule has 3 atom stereocenters. The van der Waals surface area contributed by atoms with Gasteiger partial charge in [-0.25, -0.2) is 9.59 Å². The van der Waals surface area contributed by atoms with Crippen LogP contribution in [0.5, 0.6) is 0 Å². The highest BCUT2D eigenvalue weighted by Crippen LogP contribution is 2.25. The van der Waals surface area contributed by atoms with Crippen molar-refractivity contribution in [3.63, 3.8) is 0 Å². The van der Waals surface area contributed by atoms with Crippen molar-refractivity contribution in [2.75, 3.05) is 31.5 Å². The lowest BCUT2D eigenvalue weighted by atomic mass is 10.1. The zero-order valence-electron chi connectivity index (χ0n) is 16.3. The summed E-state index contributed by atoms with van der Waals surface area (Å²) in [5.41, 5.74) is 1.74. The summed E-state index contributed by atoms with van der Waals surface area (Å²) in [4.78, 5) is 33.3.